The Morgan fingerprint density at radius 1 is 0.878 bits per heavy atom. The summed E-state index contributed by atoms with van der Waals surface area (Å²) in [4.78, 5) is 40.4. The summed E-state index contributed by atoms with van der Waals surface area (Å²) in [7, 11) is -3.99. The van der Waals surface area contributed by atoms with Gasteiger partial charge >= 0.3 is 5.97 Å². The number of carboxylic acids is 1. The van der Waals surface area contributed by atoms with E-state index in [2.05, 4.69) is 20.3 Å². The van der Waals surface area contributed by atoms with Crippen molar-refractivity contribution < 1.29 is 27.9 Å². The van der Waals surface area contributed by atoms with Crippen molar-refractivity contribution in [1.29, 1.82) is 5.41 Å². The van der Waals surface area contributed by atoms with Crippen molar-refractivity contribution in [3.63, 3.8) is 0 Å². The number of pyridine rings is 1. The third kappa shape index (κ3) is 10.5. The number of carboxylic acid groups (broad SMARTS) is 1. The summed E-state index contributed by atoms with van der Waals surface area (Å²) in [5.41, 5.74) is 8.13. The number of amidine groups is 1. The molecule has 0 spiro atoms. The molecule has 0 fully saturated rings. The minimum atomic E-state index is -3.99. The molecule has 3 aromatic rings. The molecule has 0 radical (unpaired) electrons. The second-order valence-corrected chi connectivity index (χ2v) is 11.0. The summed E-state index contributed by atoms with van der Waals surface area (Å²) in [6.07, 6.45) is 4.55. The number of nitrogens with two attached hydrogens (primary N) is 1. The van der Waals surface area contributed by atoms with Crippen LogP contribution in [0.3, 0.4) is 0 Å². The Bertz CT molecular complexity index is 1460. The fraction of sp³-hybridized carbons (Fsp3) is 0.250. The number of aryl methyl sites for hydroxylation is 1. The highest BCUT2D eigenvalue weighted by Gasteiger charge is 2.25. The summed E-state index contributed by atoms with van der Waals surface area (Å²) in [6.45, 7) is -0.168. The average Bonchev–Trinajstić information content (AvgIpc) is 2.95. The molecular formula is C28H32N6O6S. The molecule has 2 amide bonds. The van der Waals surface area contributed by atoms with Gasteiger partial charge in [-0.25, -0.2) is 17.9 Å². The summed E-state index contributed by atoms with van der Waals surface area (Å²) in [5, 5.41) is 21.6. The highest BCUT2D eigenvalue weighted by molar-refractivity contribution is 7.88. The Kier molecular flexibility index (Phi) is 11.1. The van der Waals surface area contributed by atoms with Crippen LogP contribution in [0.4, 0.5) is 0 Å². The molecule has 0 aliphatic heterocycles. The minimum Gasteiger partial charge on any atom is -0.478 e. The molecule has 1 atom stereocenters. The monoisotopic (exact) mass is 580 g/mol. The first-order valence-electron chi connectivity index (χ1n) is 12.7. The van der Waals surface area contributed by atoms with Crippen LogP contribution in [0.1, 0.15) is 45.5 Å². The zero-order chi connectivity index (χ0) is 29.8. The number of benzene rings is 2. The van der Waals surface area contributed by atoms with Gasteiger partial charge in [0.2, 0.25) is 21.8 Å². The van der Waals surface area contributed by atoms with Gasteiger partial charge in [0.15, 0.2) is 0 Å². The molecule has 0 saturated carbocycles. The van der Waals surface area contributed by atoms with Crippen molar-refractivity contribution in [2.75, 3.05) is 6.54 Å². The molecule has 0 aliphatic rings. The molecule has 0 unspecified atom stereocenters. The Balaban J connectivity index is 1.59. The van der Waals surface area contributed by atoms with E-state index in [9.17, 15) is 22.8 Å². The van der Waals surface area contributed by atoms with Crippen molar-refractivity contribution in [1.82, 2.24) is 20.3 Å². The van der Waals surface area contributed by atoms with Crippen LogP contribution in [0.5, 0.6) is 0 Å². The normalized spacial score (nSPS) is 11.8. The lowest BCUT2D eigenvalue weighted by Gasteiger charge is -2.19. The first kappa shape index (κ1) is 30.9. The predicted molar refractivity (Wildman–Crippen MR) is 152 cm³/mol. The third-order valence-corrected chi connectivity index (χ3v) is 7.44. The van der Waals surface area contributed by atoms with Gasteiger partial charge in [-0.2, -0.15) is 0 Å². The Morgan fingerprint density at radius 3 is 2.10 bits per heavy atom. The minimum absolute atomic E-state index is 0.0267. The van der Waals surface area contributed by atoms with Crippen LogP contribution in [-0.2, 0) is 38.3 Å². The molecule has 7 N–H and O–H groups in total. The number of amides is 2. The topological polar surface area (TPSA) is 204 Å². The number of aromatic carboxylic acids is 1. The van der Waals surface area contributed by atoms with E-state index in [1.807, 2.05) is 12.1 Å². The van der Waals surface area contributed by atoms with Gasteiger partial charge in [-0.1, -0.05) is 36.4 Å². The molecule has 13 heteroatoms. The maximum absolute atomic E-state index is 13.0. The molecule has 41 heavy (non-hydrogen) atoms. The van der Waals surface area contributed by atoms with Crippen LogP contribution in [-0.4, -0.2) is 54.7 Å². The van der Waals surface area contributed by atoms with Crippen LogP contribution in [0, 0.1) is 5.41 Å². The largest absolute Gasteiger partial charge is 0.478 e. The van der Waals surface area contributed by atoms with Gasteiger partial charge in [0.25, 0.3) is 0 Å². The number of rotatable bonds is 15. The third-order valence-electron chi connectivity index (χ3n) is 6.08. The number of aromatic nitrogens is 1. The van der Waals surface area contributed by atoms with E-state index in [4.69, 9.17) is 16.2 Å². The highest BCUT2D eigenvalue weighted by atomic mass is 32.2. The molecule has 2 aromatic carbocycles. The van der Waals surface area contributed by atoms with E-state index in [-0.39, 0.29) is 30.9 Å². The molecule has 0 saturated heterocycles. The molecule has 216 valence electrons. The van der Waals surface area contributed by atoms with Crippen molar-refractivity contribution in [3.8, 4) is 0 Å². The van der Waals surface area contributed by atoms with Crippen molar-refractivity contribution in [2.45, 2.75) is 37.6 Å². The number of hydrogen-bond donors (Lipinski definition) is 6. The fourth-order valence-electron chi connectivity index (χ4n) is 3.88. The summed E-state index contributed by atoms with van der Waals surface area (Å²) >= 11 is 0. The summed E-state index contributed by atoms with van der Waals surface area (Å²) in [6, 6.07) is 14.7. The molecule has 1 heterocycles. The van der Waals surface area contributed by atoms with Crippen LogP contribution in [0.15, 0.2) is 73.1 Å². The van der Waals surface area contributed by atoms with Gasteiger partial charge in [-0.05, 0) is 60.2 Å². The second kappa shape index (κ2) is 14.7. The van der Waals surface area contributed by atoms with Crippen molar-refractivity contribution >= 4 is 33.6 Å². The molecule has 1 aromatic heterocycles. The summed E-state index contributed by atoms with van der Waals surface area (Å²) < 4.78 is 28.3. The number of sulfonamides is 1. The smallest absolute Gasteiger partial charge is 0.335 e. The van der Waals surface area contributed by atoms with E-state index in [1.54, 1.807) is 36.7 Å². The lowest BCUT2D eigenvalue weighted by Crippen LogP contribution is -2.49. The number of nitrogens with one attached hydrogen (secondary N) is 4. The van der Waals surface area contributed by atoms with Crippen LogP contribution in [0.2, 0.25) is 0 Å². The number of carbonyl (C=O) groups is 3. The average molecular weight is 581 g/mol. The van der Waals surface area contributed by atoms with Gasteiger partial charge in [0.05, 0.1) is 17.9 Å². The molecule has 12 nitrogen and oxygen atoms in total. The Labute approximate surface area is 237 Å². The van der Waals surface area contributed by atoms with E-state index in [0.717, 1.165) is 11.1 Å². The van der Waals surface area contributed by atoms with E-state index < -0.39 is 39.6 Å². The van der Waals surface area contributed by atoms with Crippen LogP contribution >= 0.6 is 0 Å². The number of carbonyl (C=O) groups excluding carboxylic acids is 2. The molecular weight excluding hydrogens is 548 g/mol. The van der Waals surface area contributed by atoms with E-state index >= 15 is 0 Å². The van der Waals surface area contributed by atoms with E-state index in [1.165, 1.54) is 24.3 Å². The Hall–Kier alpha value is -4.62. The van der Waals surface area contributed by atoms with Gasteiger partial charge in [0, 0.05) is 24.5 Å². The maximum Gasteiger partial charge on any atom is 0.335 e. The van der Waals surface area contributed by atoms with Gasteiger partial charge in [0.1, 0.15) is 11.9 Å². The fourth-order valence-corrected chi connectivity index (χ4v) is 5.25. The zero-order valence-electron chi connectivity index (χ0n) is 22.2. The number of hydrogen-bond acceptors (Lipinski definition) is 7. The van der Waals surface area contributed by atoms with Gasteiger partial charge in [-0.3, -0.25) is 20.0 Å². The quantitative estimate of drug-likeness (QED) is 0.114. The van der Waals surface area contributed by atoms with Crippen LogP contribution < -0.4 is 21.1 Å². The number of nitrogen functional groups attached to an aromatic ring is 1. The molecule has 0 aliphatic carbocycles. The standard InChI is InChI=1S/C28H32N6O6S/c29-26(30)22-8-4-20(5-9-22)16-32-25(35)17-33-27(36)24(3-1-2-19-12-14-31-15-13-19)34-41(39,40)18-21-6-10-23(11-7-21)28(37)38/h4-15,24,34H,1-3,16-18H2,(H3,29,30)(H,32,35)(H,33,36)(H,37,38)/t24-/m1/s1. The predicted octanol–water partition coefficient (Wildman–Crippen LogP) is 1.31. The molecule has 3 rings (SSSR count). The first-order valence-corrected chi connectivity index (χ1v) is 14.4. The van der Waals surface area contributed by atoms with Gasteiger partial charge in [-0.15, -0.1) is 0 Å². The van der Waals surface area contributed by atoms with Crippen molar-refractivity contribution in [3.05, 3.63) is 101 Å². The second-order valence-electron chi connectivity index (χ2n) is 9.28. The van der Waals surface area contributed by atoms with Crippen molar-refractivity contribution in [2.24, 2.45) is 5.73 Å². The number of nitrogens with zero attached hydrogens (tertiary/aromatic N) is 1. The maximum atomic E-state index is 13.0. The highest BCUT2D eigenvalue weighted by Crippen LogP contribution is 2.11. The Morgan fingerprint density at radius 2 is 1.49 bits per heavy atom. The lowest BCUT2D eigenvalue weighted by molar-refractivity contribution is -0.127. The van der Waals surface area contributed by atoms with Crippen LogP contribution in [0.25, 0.3) is 0 Å². The first-order chi connectivity index (χ1) is 19.5. The van der Waals surface area contributed by atoms with E-state index in [0.29, 0.717) is 24.0 Å². The lowest BCUT2D eigenvalue weighted by atomic mass is 10.1. The molecule has 0 bridgehead atoms. The SMILES string of the molecule is N=C(N)c1ccc(CNC(=O)CNC(=O)[C@@H](CCCc2ccncc2)NS(=O)(=O)Cc2ccc(C(=O)O)cc2)cc1. The summed E-state index contributed by atoms with van der Waals surface area (Å²) in [5.74, 6) is -2.76. The zero-order valence-corrected chi connectivity index (χ0v) is 23.0. The van der Waals surface area contributed by atoms with Gasteiger partial charge < -0.3 is 21.5 Å².